The molecule has 190 valence electrons. The largest absolute Gasteiger partial charge is 0.390 e. The summed E-state index contributed by atoms with van der Waals surface area (Å²) in [5.41, 5.74) is 10.7. The fourth-order valence-electron chi connectivity index (χ4n) is 5.09. The molecule has 4 N–H and O–H groups in total. The third kappa shape index (κ3) is 4.93. The summed E-state index contributed by atoms with van der Waals surface area (Å²) in [5.74, 6) is 0.631. The lowest BCUT2D eigenvalue weighted by Crippen LogP contribution is -2.55. The van der Waals surface area contributed by atoms with Crippen molar-refractivity contribution in [1.82, 2.24) is 19.6 Å². The number of aromatic nitrogens is 2. The number of likely N-dealkylation sites (tertiary alicyclic amines) is 1. The Morgan fingerprint density at radius 2 is 2.00 bits per heavy atom. The fourth-order valence-corrected chi connectivity index (χ4v) is 5.09. The Morgan fingerprint density at radius 1 is 1.11 bits per heavy atom. The van der Waals surface area contributed by atoms with Gasteiger partial charge in [0.1, 0.15) is 11.7 Å². The number of para-hydroxylation sites is 1. The molecule has 1 fully saturated rings. The van der Waals surface area contributed by atoms with E-state index in [1.165, 1.54) is 12.1 Å². The summed E-state index contributed by atoms with van der Waals surface area (Å²) in [6, 6.07) is 20.6. The zero-order valence-corrected chi connectivity index (χ0v) is 20.5. The number of halogens is 1. The molecule has 3 aromatic carbocycles. The summed E-state index contributed by atoms with van der Waals surface area (Å²) in [6.07, 6.45) is 2.07. The summed E-state index contributed by atoms with van der Waals surface area (Å²) in [6.45, 7) is 3.12. The molecule has 0 spiro atoms. The number of β-amino-alcohol motifs (C(OH)–C–C–N with tert-alkyl or cyclic N) is 1. The number of aliphatic hydroxyl groups is 1. The Morgan fingerprint density at radius 3 is 2.86 bits per heavy atom. The van der Waals surface area contributed by atoms with Crippen molar-refractivity contribution in [3.8, 4) is 0 Å². The highest BCUT2D eigenvalue weighted by atomic mass is 19.1. The molecule has 3 heterocycles. The first-order chi connectivity index (χ1) is 18.0. The van der Waals surface area contributed by atoms with Gasteiger partial charge in [-0.1, -0.05) is 24.3 Å². The van der Waals surface area contributed by atoms with E-state index in [1.54, 1.807) is 6.07 Å². The van der Waals surface area contributed by atoms with Gasteiger partial charge >= 0.3 is 0 Å². The quantitative estimate of drug-likeness (QED) is 0.390. The van der Waals surface area contributed by atoms with Crippen molar-refractivity contribution in [3.05, 3.63) is 89.9 Å². The van der Waals surface area contributed by atoms with Crippen LogP contribution in [0.25, 0.3) is 10.9 Å². The maximum atomic E-state index is 13.6. The first-order valence-electron chi connectivity index (χ1n) is 12.6. The van der Waals surface area contributed by atoms with Gasteiger partial charge in [0.2, 0.25) is 0 Å². The average Bonchev–Trinajstić information content (AvgIpc) is 3.29. The number of fused-ring (bicyclic) bond motifs is 2. The molecule has 0 radical (unpaired) electrons. The highest BCUT2D eigenvalue weighted by molar-refractivity contribution is 6.06. The number of hydrogen-bond acceptors (Lipinski definition) is 6. The van der Waals surface area contributed by atoms with Crippen LogP contribution in [0.15, 0.2) is 77.9 Å². The standard InChI is InChI=1S/C28H30FN7O/c29-21-5-3-4-19(12-21)15-36-26-9-8-22(13-20(26)14-32-36)33-28-23-6-1-2-7-25(23)31-17-35(28)18-34-11-10-24(30)27(37)16-34/h1-9,12-14,24,27,31,37H,10-11,15-18,30H2/t24-,27-/m1/s1. The molecule has 0 bridgehead atoms. The molecule has 2 aliphatic rings. The first-order valence-corrected chi connectivity index (χ1v) is 12.6. The van der Waals surface area contributed by atoms with Crippen LogP contribution in [0.5, 0.6) is 0 Å². The third-order valence-corrected chi connectivity index (χ3v) is 7.10. The maximum absolute atomic E-state index is 13.6. The maximum Gasteiger partial charge on any atom is 0.141 e. The average molecular weight is 500 g/mol. The van der Waals surface area contributed by atoms with E-state index in [-0.39, 0.29) is 11.9 Å². The van der Waals surface area contributed by atoms with Gasteiger partial charge in [0, 0.05) is 35.8 Å². The fraction of sp³-hybridized carbons (Fsp3) is 0.286. The molecule has 0 saturated carbocycles. The minimum absolute atomic E-state index is 0.168. The van der Waals surface area contributed by atoms with E-state index in [2.05, 4.69) is 32.3 Å². The second-order valence-corrected chi connectivity index (χ2v) is 9.77. The Balaban J connectivity index is 1.30. The zero-order chi connectivity index (χ0) is 25.4. The van der Waals surface area contributed by atoms with E-state index in [0.29, 0.717) is 26.4 Å². The molecule has 1 aromatic heterocycles. The summed E-state index contributed by atoms with van der Waals surface area (Å²) >= 11 is 0. The molecule has 0 unspecified atom stereocenters. The number of nitrogens with two attached hydrogens (primary N) is 1. The van der Waals surface area contributed by atoms with Gasteiger partial charge in [-0.3, -0.25) is 9.58 Å². The summed E-state index contributed by atoms with van der Waals surface area (Å²) in [5, 5.41) is 19.3. The van der Waals surface area contributed by atoms with Crippen LogP contribution in [-0.4, -0.2) is 69.1 Å². The number of piperidine rings is 1. The predicted molar refractivity (Wildman–Crippen MR) is 143 cm³/mol. The van der Waals surface area contributed by atoms with Crippen molar-refractivity contribution in [2.24, 2.45) is 10.7 Å². The minimum Gasteiger partial charge on any atom is -0.390 e. The molecular formula is C28H30FN7O. The van der Waals surface area contributed by atoms with E-state index >= 15 is 0 Å². The van der Waals surface area contributed by atoms with E-state index in [9.17, 15) is 9.50 Å². The van der Waals surface area contributed by atoms with Crippen LogP contribution in [-0.2, 0) is 6.54 Å². The Bertz CT molecular complexity index is 1450. The lowest BCUT2D eigenvalue weighted by atomic mass is 10.0. The number of anilines is 1. The smallest absolute Gasteiger partial charge is 0.141 e. The SMILES string of the molecule is N[C@@H]1CCN(CN2CNc3ccccc3C2=Nc2ccc3c(cnn3Cc3cccc(F)c3)c2)C[C@H]1O. The normalized spacial score (nSPS) is 21.3. The van der Waals surface area contributed by atoms with Crippen molar-refractivity contribution in [2.45, 2.75) is 25.1 Å². The first kappa shape index (κ1) is 23.6. The second-order valence-electron chi connectivity index (χ2n) is 9.77. The molecule has 2 atom stereocenters. The lowest BCUT2D eigenvalue weighted by Gasteiger charge is -2.40. The van der Waals surface area contributed by atoms with Crippen LogP contribution in [0.1, 0.15) is 17.5 Å². The van der Waals surface area contributed by atoms with Crippen LogP contribution in [0, 0.1) is 5.82 Å². The van der Waals surface area contributed by atoms with Crippen LogP contribution in [0.2, 0.25) is 0 Å². The number of benzene rings is 3. The van der Waals surface area contributed by atoms with Crippen LogP contribution in [0.4, 0.5) is 15.8 Å². The highest BCUT2D eigenvalue weighted by Crippen LogP contribution is 2.28. The highest BCUT2D eigenvalue weighted by Gasteiger charge is 2.29. The van der Waals surface area contributed by atoms with Crippen molar-refractivity contribution in [3.63, 3.8) is 0 Å². The number of nitrogens with zero attached hydrogens (tertiary/aromatic N) is 5. The Labute approximate surface area is 214 Å². The number of aliphatic imine (C=N–C) groups is 1. The molecule has 6 rings (SSSR count). The van der Waals surface area contributed by atoms with Crippen LogP contribution >= 0.6 is 0 Å². The molecule has 8 nitrogen and oxygen atoms in total. The van der Waals surface area contributed by atoms with E-state index in [0.717, 1.165) is 52.2 Å². The van der Waals surface area contributed by atoms with E-state index in [1.807, 2.05) is 47.3 Å². The Hall–Kier alpha value is -3.79. The molecule has 4 aromatic rings. The molecule has 37 heavy (non-hydrogen) atoms. The summed E-state index contributed by atoms with van der Waals surface area (Å²) < 4.78 is 15.5. The van der Waals surface area contributed by atoms with Gasteiger partial charge in [-0.15, -0.1) is 0 Å². The van der Waals surface area contributed by atoms with E-state index < -0.39 is 6.10 Å². The molecule has 0 aliphatic carbocycles. The zero-order valence-electron chi connectivity index (χ0n) is 20.5. The van der Waals surface area contributed by atoms with Gasteiger partial charge in [0.05, 0.1) is 43.4 Å². The third-order valence-electron chi connectivity index (χ3n) is 7.10. The van der Waals surface area contributed by atoms with E-state index in [4.69, 9.17) is 10.7 Å². The van der Waals surface area contributed by atoms with Gasteiger partial charge in [-0.2, -0.15) is 5.10 Å². The molecule has 0 amide bonds. The van der Waals surface area contributed by atoms with Gasteiger partial charge < -0.3 is 21.1 Å². The lowest BCUT2D eigenvalue weighted by molar-refractivity contribution is 0.0369. The van der Waals surface area contributed by atoms with Crippen LogP contribution < -0.4 is 11.1 Å². The summed E-state index contributed by atoms with van der Waals surface area (Å²) in [7, 11) is 0. The predicted octanol–water partition coefficient (Wildman–Crippen LogP) is 3.34. The van der Waals surface area contributed by atoms with Gasteiger partial charge in [-0.25, -0.2) is 9.38 Å². The molecule has 2 aliphatic heterocycles. The monoisotopic (exact) mass is 499 g/mol. The number of hydrogen-bond donors (Lipinski definition) is 3. The van der Waals surface area contributed by atoms with Crippen molar-refractivity contribution in [1.29, 1.82) is 0 Å². The molecule has 1 saturated heterocycles. The minimum atomic E-state index is -0.523. The number of nitrogens with one attached hydrogen (secondary N) is 1. The number of amidine groups is 1. The number of rotatable bonds is 5. The van der Waals surface area contributed by atoms with Crippen molar-refractivity contribution < 1.29 is 9.50 Å². The summed E-state index contributed by atoms with van der Waals surface area (Å²) in [4.78, 5) is 9.52. The van der Waals surface area contributed by atoms with Crippen molar-refractivity contribution >= 4 is 28.1 Å². The van der Waals surface area contributed by atoms with Crippen LogP contribution in [0.3, 0.4) is 0 Å². The van der Waals surface area contributed by atoms with Crippen molar-refractivity contribution in [2.75, 3.05) is 31.7 Å². The molecular weight excluding hydrogens is 469 g/mol. The number of aliphatic hydroxyl groups excluding tert-OH is 1. The van der Waals surface area contributed by atoms with Gasteiger partial charge in [-0.05, 0) is 54.4 Å². The second kappa shape index (κ2) is 9.93. The van der Waals surface area contributed by atoms with Gasteiger partial charge in [0.25, 0.3) is 0 Å². The topological polar surface area (TPSA) is 94.9 Å². The van der Waals surface area contributed by atoms with Gasteiger partial charge in [0.15, 0.2) is 0 Å². The molecule has 9 heteroatoms. The Kier molecular flexibility index (Phi) is 6.33.